The molecular formula is C32H30N2O2. The molecule has 0 unspecified atom stereocenters. The molecule has 2 atom stereocenters. The highest BCUT2D eigenvalue weighted by Crippen LogP contribution is 2.43. The number of rotatable bonds is 4. The summed E-state index contributed by atoms with van der Waals surface area (Å²) >= 11 is 0. The summed E-state index contributed by atoms with van der Waals surface area (Å²) in [5.41, 5.74) is 6.23. The van der Waals surface area contributed by atoms with Crippen LogP contribution in [0, 0.1) is 13.8 Å². The van der Waals surface area contributed by atoms with E-state index in [4.69, 9.17) is 0 Å². The Morgan fingerprint density at radius 2 is 1.33 bits per heavy atom. The number of anilines is 2. The second-order valence-corrected chi connectivity index (χ2v) is 9.58. The van der Waals surface area contributed by atoms with Gasteiger partial charge in [0.15, 0.2) is 0 Å². The van der Waals surface area contributed by atoms with E-state index in [2.05, 4.69) is 13.0 Å². The second kappa shape index (κ2) is 9.82. The first-order valence-corrected chi connectivity index (χ1v) is 12.4. The average Bonchev–Trinajstić information content (AvgIpc) is 2.91. The number of aryl methyl sites for hydroxylation is 2. The van der Waals surface area contributed by atoms with E-state index in [0.29, 0.717) is 17.5 Å². The molecule has 4 aromatic rings. The van der Waals surface area contributed by atoms with Gasteiger partial charge in [-0.15, -0.1) is 0 Å². The molecule has 0 saturated carbocycles. The van der Waals surface area contributed by atoms with Crippen molar-refractivity contribution in [3.05, 3.63) is 131 Å². The van der Waals surface area contributed by atoms with Gasteiger partial charge in [0, 0.05) is 28.5 Å². The van der Waals surface area contributed by atoms with Crippen molar-refractivity contribution >= 4 is 23.2 Å². The number of hydrogen-bond donors (Lipinski definition) is 0. The van der Waals surface area contributed by atoms with Gasteiger partial charge in [-0.25, -0.2) is 0 Å². The fraction of sp³-hybridized carbons (Fsp3) is 0.188. The fourth-order valence-electron chi connectivity index (χ4n) is 5.09. The highest BCUT2D eigenvalue weighted by atomic mass is 16.2. The van der Waals surface area contributed by atoms with Crippen molar-refractivity contribution in [1.82, 2.24) is 0 Å². The van der Waals surface area contributed by atoms with Crippen LogP contribution in [0.2, 0.25) is 0 Å². The van der Waals surface area contributed by atoms with E-state index in [9.17, 15) is 9.59 Å². The average molecular weight is 475 g/mol. The maximum absolute atomic E-state index is 14.0. The second-order valence-electron chi connectivity index (χ2n) is 9.58. The van der Waals surface area contributed by atoms with E-state index >= 15 is 0 Å². The molecule has 36 heavy (non-hydrogen) atoms. The van der Waals surface area contributed by atoms with Gasteiger partial charge in [-0.1, -0.05) is 71.8 Å². The molecule has 0 fully saturated rings. The monoisotopic (exact) mass is 474 g/mol. The molecule has 2 amide bonds. The van der Waals surface area contributed by atoms with Crippen molar-refractivity contribution in [2.75, 3.05) is 9.80 Å². The highest BCUT2D eigenvalue weighted by molar-refractivity contribution is 6.09. The van der Waals surface area contributed by atoms with Crippen LogP contribution in [-0.4, -0.2) is 17.9 Å². The lowest BCUT2D eigenvalue weighted by Crippen LogP contribution is -2.48. The molecule has 0 bridgehead atoms. The molecule has 4 aromatic carbocycles. The van der Waals surface area contributed by atoms with Crippen molar-refractivity contribution in [3.63, 3.8) is 0 Å². The number of amides is 2. The maximum atomic E-state index is 14.0. The minimum atomic E-state index is -0.217. The smallest absolute Gasteiger partial charge is 0.258 e. The molecule has 0 radical (unpaired) electrons. The van der Waals surface area contributed by atoms with Crippen LogP contribution in [0.3, 0.4) is 0 Å². The van der Waals surface area contributed by atoms with E-state index in [1.54, 1.807) is 0 Å². The third-order valence-electron chi connectivity index (χ3n) is 6.91. The van der Waals surface area contributed by atoms with Gasteiger partial charge >= 0.3 is 0 Å². The van der Waals surface area contributed by atoms with E-state index in [1.807, 2.05) is 121 Å². The van der Waals surface area contributed by atoms with Gasteiger partial charge in [-0.05, 0) is 75.2 Å². The summed E-state index contributed by atoms with van der Waals surface area (Å²) in [7, 11) is 0. The SMILES string of the molecule is Cc1ccc(N(C(=O)c2ccccc2)[C@H]2C[C@H](C)N(C(=O)c3ccccc3)c3ccc(C)cc32)cc1. The molecule has 0 saturated heterocycles. The topological polar surface area (TPSA) is 40.6 Å². The first-order chi connectivity index (χ1) is 17.4. The predicted octanol–water partition coefficient (Wildman–Crippen LogP) is 7.13. The van der Waals surface area contributed by atoms with Gasteiger partial charge in [0.1, 0.15) is 0 Å². The van der Waals surface area contributed by atoms with E-state index in [0.717, 1.165) is 28.1 Å². The zero-order valence-corrected chi connectivity index (χ0v) is 20.9. The van der Waals surface area contributed by atoms with Crippen LogP contribution in [-0.2, 0) is 0 Å². The van der Waals surface area contributed by atoms with Crippen LogP contribution in [0.15, 0.2) is 103 Å². The van der Waals surface area contributed by atoms with Crippen molar-refractivity contribution < 1.29 is 9.59 Å². The predicted molar refractivity (Wildman–Crippen MR) is 146 cm³/mol. The molecule has 0 aromatic heterocycles. The fourth-order valence-corrected chi connectivity index (χ4v) is 5.09. The van der Waals surface area contributed by atoms with Crippen LogP contribution >= 0.6 is 0 Å². The molecule has 0 N–H and O–H groups in total. The maximum Gasteiger partial charge on any atom is 0.258 e. The van der Waals surface area contributed by atoms with Crippen LogP contribution in [0.25, 0.3) is 0 Å². The summed E-state index contributed by atoms with van der Waals surface area (Å²) in [5, 5.41) is 0. The Hall–Kier alpha value is -4.18. The van der Waals surface area contributed by atoms with Gasteiger partial charge in [-0.3, -0.25) is 9.59 Å². The lowest BCUT2D eigenvalue weighted by molar-refractivity contribution is 0.0965. The van der Waals surface area contributed by atoms with E-state index in [1.165, 1.54) is 0 Å². The third kappa shape index (κ3) is 4.42. The number of benzene rings is 4. The van der Waals surface area contributed by atoms with Crippen LogP contribution in [0.1, 0.15) is 56.8 Å². The zero-order valence-electron chi connectivity index (χ0n) is 20.9. The van der Waals surface area contributed by atoms with Gasteiger partial charge in [0.05, 0.1) is 6.04 Å². The summed E-state index contributed by atoms with van der Waals surface area (Å²) in [6.45, 7) is 6.16. The molecule has 4 nitrogen and oxygen atoms in total. The van der Waals surface area contributed by atoms with Crippen LogP contribution in [0.4, 0.5) is 11.4 Å². The summed E-state index contributed by atoms with van der Waals surface area (Å²) in [6.07, 6.45) is 0.626. The molecule has 1 heterocycles. The lowest BCUT2D eigenvalue weighted by atomic mass is 9.88. The van der Waals surface area contributed by atoms with Crippen LogP contribution in [0.5, 0.6) is 0 Å². The quantitative estimate of drug-likeness (QED) is 0.316. The van der Waals surface area contributed by atoms with Crippen molar-refractivity contribution in [1.29, 1.82) is 0 Å². The number of hydrogen-bond acceptors (Lipinski definition) is 2. The Labute approximate surface area is 212 Å². The third-order valence-corrected chi connectivity index (χ3v) is 6.91. The van der Waals surface area contributed by atoms with Crippen molar-refractivity contribution in [2.45, 2.75) is 39.3 Å². The zero-order chi connectivity index (χ0) is 25.2. The first kappa shape index (κ1) is 23.6. The Morgan fingerprint density at radius 1 is 0.750 bits per heavy atom. The molecule has 1 aliphatic heterocycles. The lowest BCUT2D eigenvalue weighted by Gasteiger charge is -2.44. The highest BCUT2D eigenvalue weighted by Gasteiger charge is 2.39. The van der Waals surface area contributed by atoms with Gasteiger partial charge in [-0.2, -0.15) is 0 Å². The van der Waals surface area contributed by atoms with E-state index in [-0.39, 0.29) is 23.9 Å². The van der Waals surface area contributed by atoms with Crippen molar-refractivity contribution in [3.8, 4) is 0 Å². The molecule has 0 spiro atoms. The summed E-state index contributed by atoms with van der Waals surface area (Å²) in [6, 6.07) is 32.8. The van der Waals surface area contributed by atoms with Gasteiger partial charge < -0.3 is 9.80 Å². The number of fused-ring (bicyclic) bond motifs is 1. The minimum Gasteiger partial charge on any atom is -0.305 e. The number of carbonyl (C=O) groups is 2. The van der Waals surface area contributed by atoms with Crippen LogP contribution < -0.4 is 9.80 Å². The number of nitrogens with zero attached hydrogens (tertiary/aromatic N) is 2. The molecule has 180 valence electrons. The summed E-state index contributed by atoms with van der Waals surface area (Å²) in [5.74, 6) is -0.0742. The Bertz CT molecular complexity index is 1380. The minimum absolute atomic E-state index is 0.0251. The van der Waals surface area contributed by atoms with E-state index < -0.39 is 0 Å². The molecular weight excluding hydrogens is 444 g/mol. The molecule has 5 rings (SSSR count). The molecule has 1 aliphatic rings. The largest absolute Gasteiger partial charge is 0.305 e. The molecule has 0 aliphatic carbocycles. The normalized spacial score (nSPS) is 16.8. The Morgan fingerprint density at radius 3 is 1.97 bits per heavy atom. The first-order valence-electron chi connectivity index (χ1n) is 12.4. The van der Waals surface area contributed by atoms with Gasteiger partial charge in [0.25, 0.3) is 11.8 Å². The van der Waals surface area contributed by atoms with Gasteiger partial charge in [0.2, 0.25) is 0 Å². The van der Waals surface area contributed by atoms with Crippen molar-refractivity contribution in [2.24, 2.45) is 0 Å². The standard InChI is InChI=1S/C32H30N2O2/c1-22-14-17-27(18-15-22)34(32(36)26-12-8-5-9-13-26)30-21-24(3)33(29-19-16-23(2)20-28(29)30)31(35)25-10-6-4-7-11-25/h4-20,24,30H,21H2,1-3H3/t24-,30-/m0/s1. The Kier molecular flexibility index (Phi) is 6.43. The summed E-state index contributed by atoms with van der Waals surface area (Å²) < 4.78 is 0. The Balaban J connectivity index is 1.64. The number of carbonyl (C=O) groups excluding carboxylic acids is 2. The molecule has 4 heteroatoms. The summed E-state index contributed by atoms with van der Waals surface area (Å²) in [4.78, 5) is 31.5.